The Morgan fingerprint density at radius 3 is 2.42 bits per heavy atom. The maximum atomic E-state index is 6.71. The summed E-state index contributed by atoms with van der Waals surface area (Å²) < 4.78 is 18.3. The van der Waals surface area contributed by atoms with Gasteiger partial charge in [-0.15, -0.1) is 0 Å². The first-order chi connectivity index (χ1) is 19.0. The highest BCUT2D eigenvalue weighted by atomic mass is 16.6. The lowest BCUT2D eigenvalue weighted by Gasteiger charge is -2.45. The van der Waals surface area contributed by atoms with Gasteiger partial charge in [0, 0.05) is 57.3 Å². The topological polar surface area (TPSA) is 63.2 Å². The van der Waals surface area contributed by atoms with Gasteiger partial charge in [0.25, 0.3) is 0 Å². The average Bonchev–Trinajstić information content (AvgIpc) is 2.93. The standard InChI is InChI=1S/C32H51N5O3/c1-22(2)27-11-10-25(16-33-27)36-18-26(40-31(20-36)32(6,7)38-9)17-35(8)19-29-30(13-12-28(34-29)23(3)4)37-14-15-39-21-24(37)5/h10-13,16,22-24,26,31H,14-15,17-21H2,1-9H3/t24?,26?,31-/m0/s1. The van der Waals surface area contributed by atoms with Crippen LogP contribution in [0, 0.1) is 0 Å². The Labute approximate surface area is 242 Å². The molecule has 2 fully saturated rings. The van der Waals surface area contributed by atoms with Crippen LogP contribution in [0.3, 0.4) is 0 Å². The van der Waals surface area contributed by atoms with Crippen molar-refractivity contribution >= 4 is 11.4 Å². The number of hydrogen-bond acceptors (Lipinski definition) is 8. The van der Waals surface area contributed by atoms with Crippen molar-refractivity contribution in [2.45, 2.75) is 90.7 Å². The average molecular weight is 554 g/mol. The first kappa shape index (κ1) is 30.7. The molecule has 40 heavy (non-hydrogen) atoms. The Kier molecular flexibility index (Phi) is 10.1. The summed E-state index contributed by atoms with van der Waals surface area (Å²) in [7, 11) is 3.94. The van der Waals surface area contributed by atoms with E-state index in [4.69, 9.17) is 24.2 Å². The van der Waals surface area contributed by atoms with Crippen molar-refractivity contribution in [2.24, 2.45) is 0 Å². The molecule has 0 spiro atoms. The molecule has 0 radical (unpaired) electrons. The van der Waals surface area contributed by atoms with Gasteiger partial charge in [0.15, 0.2) is 0 Å². The summed E-state index contributed by atoms with van der Waals surface area (Å²) in [6.07, 6.45) is 1.96. The molecular formula is C32H51N5O3. The van der Waals surface area contributed by atoms with Crippen molar-refractivity contribution in [1.29, 1.82) is 0 Å². The van der Waals surface area contributed by atoms with E-state index in [0.29, 0.717) is 17.9 Å². The number of aromatic nitrogens is 2. The Hall–Kier alpha value is -2.26. The molecule has 0 bridgehead atoms. The van der Waals surface area contributed by atoms with Gasteiger partial charge in [-0.2, -0.15) is 0 Å². The Bertz CT molecular complexity index is 1090. The Balaban J connectivity index is 1.54. The number of nitrogens with zero attached hydrogens (tertiary/aromatic N) is 5. The number of methoxy groups -OCH3 is 1. The van der Waals surface area contributed by atoms with Gasteiger partial charge in [-0.05, 0) is 63.9 Å². The molecule has 0 aromatic carbocycles. The van der Waals surface area contributed by atoms with E-state index in [2.05, 4.69) is 94.5 Å². The first-order valence-corrected chi connectivity index (χ1v) is 14.9. The second-order valence-corrected chi connectivity index (χ2v) is 12.7. The van der Waals surface area contributed by atoms with E-state index in [1.54, 1.807) is 7.11 Å². The van der Waals surface area contributed by atoms with Crippen LogP contribution in [0.15, 0.2) is 30.5 Å². The fourth-order valence-electron chi connectivity index (χ4n) is 5.55. The van der Waals surface area contributed by atoms with Crippen LogP contribution >= 0.6 is 0 Å². The van der Waals surface area contributed by atoms with E-state index < -0.39 is 5.60 Å². The van der Waals surface area contributed by atoms with Crippen molar-refractivity contribution in [3.63, 3.8) is 0 Å². The van der Waals surface area contributed by atoms with Crippen LogP contribution < -0.4 is 9.80 Å². The van der Waals surface area contributed by atoms with Crippen molar-refractivity contribution in [1.82, 2.24) is 14.9 Å². The molecule has 2 aliphatic rings. The Morgan fingerprint density at radius 2 is 1.80 bits per heavy atom. The minimum atomic E-state index is -0.409. The lowest BCUT2D eigenvalue weighted by atomic mass is 9.98. The van der Waals surface area contributed by atoms with Crippen LogP contribution in [0.5, 0.6) is 0 Å². The molecule has 0 N–H and O–H groups in total. The fourth-order valence-corrected chi connectivity index (χ4v) is 5.55. The van der Waals surface area contributed by atoms with Crippen LogP contribution in [-0.4, -0.2) is 92.3 Å². The van der Waals surface area contributed by atoms with E-state index in [1.807, 2.05) is 6.20 Å². The normalized spacial score (nSPS) is 22.6. The number of anilines is 2. The number of rotatable bonds is 10. The SMILES string of the molecule is COC(C)(C)[C@@H]1CN(c2ccc(C(C)C)nc2)CC(CN(C)Cc2nc(C(C)C)ccc2N2CCOCC2C)O1. The summed E-state index contributed by atoms with van der Waals surface area (Å²) in [5, 5.41) is 0. The van der Waals surface area contributed by atoms with Gasteiger partial charge in [0.05, 0.1) is 48.2 Å². The third-order valence-electron chi connectivity index (χ3n) is 8.37. The largest absolute Gasteiger partial charge is 0.377 e. The summed E-state index contributed by atoms with van der Waals surface area (Å²) in [5.74, 6) is 0.789. The third kappa shape index (κ3) is 7.32. The van der Waals surface area contributed by atoms with E-state index in [-0.39, 0.29) is 12.2 Å². The summed E-state index contributed by atoms with van der Waals surface area (Å²) in [4.78, 5) is 17.1. The first-order valence-electron chi connectivity index (χ1n) is 14.9. The summed E-state index contributed by atoms with van der Waals surface area (Å²) in [6.45, 7) is 20.7. The van der Waals surface area contributed by atoms with Crippen LogP contribution in [0.1, 0.15) is 77.4 Å². The lowest BCUT2D eigenvalue weighted by molar-refractivity contribution is -0.144. The molecule has 2 aromatic rings. The van der Waals surface area contributed by atoms with Gasteiger partial charge in [-0.25, -0.2) is 0 Å². The zero-order valence-corrected chi connectivity index (χ0v) is 26.2. The van der Waals surface area contributed by atoms with Crippen LogP contribution in [-0.2, 0) is 20.8 Å². The summed E-state index contributed by atoms with van der Waals surface area (Å²) in [6, 6.07) is 9.12. The van der Waals surface area contributed by atoms with Crippen molar-refractivity contribution in [2.75, 3.05) is 63.4 Å². The van der Waals surface area contributed by atoms with E-state index >= 15 is 0 Å². The van der Waals surface area contributed by atoms with Crippen molar-refractivity contribution < 1.29 is 14.2 Å². The molecule has 0 amide bonds. The Morgan fingerprint density at radius 1 is 1.07 bits per heavy atom. The van der Waals surface area contributed by atoms with Gasteiger partial charge < -0.3 is 24.0 Å². The molecule has 0 aliphatic carbocycles. The molecule has 8 heteroatoms. The molecule has 2 aliphatic heterocycles. The molecule has 2 unspecified atom stereocenters. The second kappa shape index (κ2) is 13.1. The van der Waals surface area contributed by atoms with E-state index in [0.717, 1.165) is 68.7 Å². The lowest BCUT2D eigenvalue weighted by Crippen LogP contribution is -2.58. The number of hydrogen-bond donors (Lipinski definition) is 0. The third-order valence-corrected chi connectivity index (χ3v) is 8.37. The predicted octanol–water partition coefficient (Wildman–Crippen LogP) is 5.08. The minimum absolute atomic E-state index is 0.0157. The van der Waals surface area contributed by atoms with Gasteiger partial charge in [0.1, 0.15) is 6.10 Å². The molecule has 4 rings (SSSR count). The monoisotopic (exact) mass is 553 g/mol. The second-order valence-electron chi connectivity index (χ2n) is 12.7. The van der Waals surface area contributed by atoms with Crippen molar-refractivity contribution in [3.05, 3.63) is 47.5 Å². The smallest absolute Gasteiger partial charge is 0.104 e. The van der Waals surface area contributed by atoms with Crippen LogP contribution in [0.4, 0.5) is 11.4 Å². The predicted molar refractivity (Wildman–Crippen MR) is 163 cm³/mol. The molecule has 4 heterocycles. The highest BCUT2D eigenvalue weighted by molar-refractivity contribution is 5.53. The molecule has 222 valence electrons. The van der Waals surface area contributed by atoms with E-state index in [1.165, 1.54) is 5.69 Å². The van der Waals surface area contributed by atoms with Gasteiger partial charge >= 0.3 is 0 Å². The quantitative estimate of drug-likeness (QED) is 0.404. The number of ether oxygens (including phenoxy) is 3. The number of pyridine rings is 2. The highest BCUT2D eigenvalue weighted by Crippen LogP contribution is 2.30. The van der Waals surface area contributed by atoms with Gasteiger partial charge in [-0.3, -0.25) is 14.9 Å². The fraction of sp³-hybridized carbons (Fsp3) is 0.688. The zero-order valence-electron chi connectivity index (χ0n) is 26.2. The summed E-state index contributed by atoms with van der Waals surface area (Å²) >= 11 is 0. The maximum absolute atomic E-state index is 6.71. The number of morpholine rings is 2. The molecule has 0 saturated carbocycles. The van der Waals surface area contributed by atoms with Gasteiger partial charge in [-0.1, -0.05) is 27.7 Å². The zero-order chi connectivity index (χ0) is 29.0. The molecule has 3 atom stereocenters. The molecule has 8 nitrogen and oxygen atoms in total. The minimum Gasteiger partial charge on any atom is -0.377 e. The molecular weight excluding hydrogens is 502 g/mol. The molecule has 2 aromatic heterocycles. The summed E-state index contributed by atoms with van der Waals surface area (Å²) in [5.41, 5.74) is 5.31. The number of likely N-dealkylation sites (N-methyl/N-ethyl adjacent to an activating group) is 1. The van der Waals surface area contributed by atoms with Crippen LogP contribution in [0.25, 0.3) is 0 Å². The van der Waals surface area contributed by atoms with E-state index in [9.17, 15) is 0 Å². The van der Waals surface area contributed by atoms with Crippen LogP contribution in [0.2, 0.25) is 0 Å². The van der Waals surface area contributed by atoms with Gasteiger partial charge in [0.2, 0.25) is 0 Å². The highest BCUT2D eigenvalue weighted by Gasteiger charge is 2.38. The molecule has 2 saturated heterocycles. The maximum Gasteiger partial charge on any atom is 0.104 e. The van der Waals surface area contributed by atoms with Crippen molar-refractivity contribution in [3.8, 4) is 0 Å².